The highest BCUT2D eigenvalue weighted by atomic mass is 16.6. The van der Waals surface area contributed by atoms with Gasteiger partial charge in [0.25, 0.3) is 0 Å². The lowest BCUT2D eigenvalue weighted by atomic mass is 10.2. The molecule has 4 nitrogen and oxygen atoms in total. The summed E-state index contributed by atoms with van der Waals surface area (Å²) in [4.78, 5) is 1.73. The summed E-state index contributed by atoms with van der Waals surface area (Å²) in [6, 6.07) is 0. The van der Waals surface area contributed by atoms with E-state index in [2.05, 4.69) is 0 Å². The summed E-state index contributed by atoms with van der Waals surface area (Å²) in [5, 5.41) is 18.8. The summed E-state index contributed by atoms with van der Waals surface area (Å²) in [5.41, 5.74) is -0.354. The molecule has 0 spiro atoms. The van der Waals surface area contributed by atoms with Crippen molar-refractivity contribution in [2.45, 2.75) is 45.3 Å². The van der Waals surface area contributed by atoms with Crippen LogP contribution in [0.4, 0.5) is 0 Å². The standard InChI is InChI=1S/C9H19NO3/c1-9(2,3)13-8(12)10-5-4-7(11)6-10/h7-8,11-12H,4-6H2,1-3H3/t7-,8?/m1/s1. The van der Waals surface area contributed by atoms with Crippen LogP contribution in [0.3, 0.4) is 0 Å². The Labute approximate surface area is 79.1 Å². The van der Waals surface area contributed by atoms with E-state index in [9.17, 15) is 10.2 Å². The molecule has 1 rings (SSSR count). The SMILES string of the molecule is CC(C)(C)OC(O)N1CC[C@@H](O)C1. The van der Waals surface area contributed by atoms with Crippen molar-refractivity contribution in [1.82, 2.24) is 4.90 Å². The van der Waals surface area contributed by atoms with Gasteiger partial charge in [0.2, 0.25) is 6.41 Å². The molecule has 0 aromatic rings. The van der Waals surface area contributed by atoms with Gasteiger partial charge in [-0.3, -0.25) is 4.90 Å². The quantitative estimate of drug-likeness (QED) is 0.607. The van der Waals surface area contributed by atoms with E-state index in [0.29, 0.717) is 19.5 Å². The summed E-state index contributed by atoms with van der Waals surface area (Å²) in [5.74, 6) is 0. The highest BCUT2D eigenvalue weighted by molar-refractivity contribution is 4.74. The maximum atomic E-state index is 9.59. The number of rotatable bonds is 2. The van der Waals surface area contributed by atoms with Gasteiger partial charge in [-0.25, -0.2) is 0 Å². The summed E-state index contributed by atoms with van der Waals surface area (Å²) in [6.07, 6.45) is -0.500. The maximum Gasteiger partial charge on any atom is 0.216 e. The molecule has 0 bridgehead atoms. The molecule has 78 valence electrons. The van der Waals surface area contributed by atoms with Gasteiger partial charge in [0, 0.05) is 13.1 Å². The normalized spacial score (nSPS) is 27.9. The summed E-state index contributed by atoms with van der Waals surface area (Å²) in [6.45, 7) is 6.86. The number of likely N-dealkylation sites (tertiary alicyclic amines) is 1. The van der Waals surface area contributed by atoms with Gasteiger partial charge < -0.3 is 14.9 Å². The van der Waals surface area contributed by atoms with Crippen LogP contribution in [-0.4, -0.2) is 46.3 Å². The Bertz CT molecular complexity index is 167. The Balaban J connectivity index is 2.36. The van der Waals surface area contributed by atoms with Crippen LogP contribution in [0, 0.1) is 0 Å². The molecule has 1 aliphatic heterocycles. The number of aliphatic hydroxyl groups is 2. The molecule has 2 atom stereocenters. The average molecular weight is 189 g/mol. The van der Waals surface area contributed by atoms with Crippen LogP contribution >= 0.6 is 0 Å². The molecule has 1 aliphatic rings. The van der Waals surface area contributed by atoms with E-state index in [-0.39, 0.29) is 11.7 Å². The monoisotopic (exact) mass is 189 g/mol. The first-order valence-corrected chi connectivity index (χ1v) is 4.66. The van der Waals surface area contributed by atoms with Crippen LogP contribution in [0.1, 0.15) is 27.2 Å². The zero-order valence-corrected chi connectivity index (χ0v) is 8.53. The van der Waals surface area contributed by atoms with Crippen LogP contribution in [0.2, 0.25) is 0 Å². The Morgan fingerprint density at radius 3 is 2.46 bits per heavy atom. The molecule has 0 aromatic heterocycles. The average Bonchev–Trinajstić information content (AvgIpc) is 2.31. The molecule has 13 heavy (non-hydrogen) atoms. The Morgan fingerprint density at radius 2 is 2.08 bits per heavy atom. The minimum absolute atomic E-state index is 0.321. The minimum Gasteiger partial charge on any atom is -0.392 e. The van der Waals surface area contributed by atoms with E-state index in [1.807, 2.05) is 20.8 Å². The van der Waals surface area contributed by atoms with E-state index in [4.69, 9.17) is 4.74 Å². The summed E-state index contributed by atoms with van der Waals surface area (Å²) < 4.78 is 5.34. The highest BCUT2D eigenvalue weighted by Gasteiger charge is 2.28. The number of nitrogens with zero attached hydrogens (tertiary/aromatic N) is 1. The third-order valence-electron chi connectivity index (χ3n) is 1.97. The van der Waals surface area contributed by atoms with Gasteiger partial charge in [-0.1, -0.05) is 0 Å². The third kappa shape index (κ3) is 3.60. The summed E-state index contributed by atoms with van der Waals surface area (Å²) >= 11 is 0. The van der Waals surface area contributed by atoms with Crippen molar-refractivity contribution in [3.8, 4) is 0 Å². The molecule has 1 fully saturated rings. The van der Waals surface area contributed by atoms with Gasteiger partial charge in [-0.15, -0.1) is 0 Å². The lowest BCUT2D eigenvalue weighted by Gasteiger charge is -2.29. The van der Waals surface area contributed by atoms with Gasteiger partial charge in [-0.2, -0.15) is 0 Å². The van der Waals surface area contributed by atoms with Gasteiger partial charge in [0.1, 0.15) is 0 Å². The molecule has 0 amide bonds. The predicted molar refractivity (Wildman–Crippen MR) is 49.0 cm³/mol. The molecular formula is C9H19NO3. The smallest absolute Gasteiger partial charge is 0.216 e. The first-order valence-electron chi connectivity index (χ1n) is 4.66. The first kappa shape index (κ1) is 10.9. The van der Waals surface area contributed by atoms with Crippen molar-refractivity contribution < 1.29 is 14.9 Å². The first-order chi connectivity index (χ1) is 5.88. The van der Waals surface area contributed by atoms with Crippen LogP contribution in [0.5, 0.6) is 0 Å². The Morgan fingerprint density at radius 1 is 1.46 bits per heavy atom. The molecule has 1 saturated heterocycles. The second-order valence-electron chi connectivity index (χ2n) is 4.49. The van der Waals surface area contributed by atoms with Crippen molar-refractivity contribution in [1.29, 1.82) is 0 Å². The molecule has 0 aliphatic carbocycles. The number of hydrogen-bond acceptors (Lipinski definition) is 4. The fraction of sp³-hybridized carbons (Fsp3) is 1.00. The number of ether oxygens (including phenoxy) is 1. The van der Waals surface area contributed by atoms with Crippen molar-refractivity contribution in [3.63, 3.8) is 0 Å². The van der Waals surface area contributed by atoms with Crippen LogP contribution in [0.25, 0.3) is 0 Å². The molecule has 2 N–H and O–H groups in total. The molecule has 0 saturated carbocycles. The van der Waals surface area contributed by atoms with E-state index in [1.165, 1.54) is 0 Å². The zero-order chi connectivity index (χ0) is 10.1. The fourth-order valence-electron chi connectivity index (χ4n) is 1.36. The third-order valence-corrected chi connectivity index (χ3v) is 1.97. The van der Waals surface area contributed by atoms with Crippen LogP contribution < -0.4 is 0 Å². The number of β-amino-alcohol motifs (C(OH)–C–C–N with tert-alkyl or cyclic N) is 1. The molecule has 4 heteroatoms. The second-order valence-corrected chi connectivity index (χ2v) is 4.49. The molecule has 1 unspecified atom stereocenters. The predicted octanol–water partition coefficient (Wildman–Crippen LogP) is 0.144. The van der Waals surface area contributed by atoms with Gasteiger partial charge in [-0.05, 0) is 27.2 Å². The fourth-order valence-corrected chi connectivity index (χ4v) is 1.36. The number of hydrogen-bond donors (Lipinski definition) is 2. The van der Waals surface area contributed by atoms with Gasteiger partial charge in [0.15, 0.2) is 0 Å². The molecule has 0 aromatic carbocycles. The second kappa shape index (κ2) is 3.92. The van der Waals surface area contributed by atoms with E-state index in [0.717, 1.165) is 0 Å². The van der Waals surface area contributed by atoms with Crippen LogP contribution in [0.15, 0.2) is 0 Å². The molecule has 1 heterocycles. The number of aliphatic hydroxyl groups excluding tert-OH is 2. The lowest BCUT2D eigenvalue weighted by molar-refractivity contribution is -0.235. The maximum absolute atomic E-state index is 9.59. The Kier molecular flexibility index (Phi) is 3.29. The van der Waals surface area contributed by atoms with Crippen molar-refractivity contribution in [3.05, 3.63) is 0 Å². The Hall–Kier alpha value is -0.160. The minimum atomic E-state index is -0.892. The van der Waals surface area contributed by atoms with Gasteiger partial charge >= 0.3 is 0 Å². The largest absolute Gasteiger partial charge is 0.392 e. The van der Waals surface area contributed by atoms with Crippen molar-refractivity contribution in [2.75, 3.05) is 13.1 Å². The van der Waals surface area contributed by atoms with E-state index < -0.39 is 6.41 Å². The molecule has 0 radical (unpaired) electrons. The van der Waals surface area contributed by atoms with E-state index >= 15 is 0 Å². The molecular weight excluding hydrogens is 170 g/mol. The van der Waals surface area contributed by atoms with Crippen molar-refractivity contribution >= 4 is 0 Å². The lowest BCUT2D eigenvalue weighted by Crippen LogP contribution is -2.40. The summed E-state index contributed by atoms with van der Waals surface area (Å²) in [7, 11) is 0. The van der Waals surface area contributed by atoms with Crippen molar-refractivity contribution in [2.24, 2.45) is 0 Å². The zero-order valence-electron chi connectivity index (χ0n) is 8.53. The topological polar surface area (TPSA) is 52.9 Å². The van der Waals surface area contributed by atoms with Gasteiger partial charge in [0.05, 0.1) is 11.7 Å². The highest BCUT2D eigenvalue weighted by Crippen LogP contribution is 2.16. The van der Waals surface area contributed by atoms with Crippen LogP contribution in [-0.2, 0) is 4.74 Å². The van der Waals surface area contributed by atoms with E-state index in [1.54, 1.807) is 4.90 Å².